The monoisotopic (exact) mass is 300 g/mol. The van der Waals surface area contributed by atoms with E-state index in [1.165, 1.54) is 0 Å². The van der Waals surface area contributed by atoms with Crippen LogP contribution >= 0.6 is 0 Å². The molecule has 1 aromatic heterocycles. The lowest BCUT2D eigenvalue weighted by atomic mass is 10.1. The first-order chi connectivity index (χ1) is 10.8. The molecule has 3 rings (SSSR count). The van der Waals surface area contributed by atoms with Crippen molar-refractivity contribution in [3.05, 3.63) is 36.7 Å². The van der Waals surface area contributed by atoms with Crippen LogP contribution in [0.4, 0.5) is 0 Å². The van der Waals surface area contributed by atoms with Crippen molar-refractivity contribution in [3.63, 3.8) is 0 Å². The summed E-state index contributed by atoms with van der Waals surface area (Å²) in [6, 6.07) is 8.65. The lowest BCUT2D eigenvalue weighted by Gasteiger charge is -2.25. The minimum Gasteiger partial charge on any atom is -0.490 e. The zero-order valence-electron chi connectivity index (χ0n) is 13.4. The molecule has 0 saturated carbocycles. The number of imidazole rings is 1. The van der Waals surface area contributed by atoms with Gasteiger partial charge in [-0.3, -0.25) is 0 Å². The molecule has 1 saturated heterocycles. The van der Waals surface area contributed by atoms with Gasteiger partial charge in [0.1, 0.15) is 11.6 Å². The van der Waals surface area contributed by atoms with Gasteiger partial charge in [-0.05, 0) is 38.3 Å². The summed E-state index contributed by atoms with van der Waals surface area (Å²) in [5.74, 6) is 1.90. The molecule has 1 aromatic carbocycles. The van der Waals surface area contributed by atoms with Crippen LogP contribution in [0.1, 0.15) is 39.2 Å². The van der Waals surface area contributed by atoms with Gasteiger partial charge in [0, 0.05) is 31.6 Å². The second kappa shape index (κ2) is 6.97. The van der Waals surface area contributed by atoms with Gasteiger partial charge in [0.15, 0.2) is 0 Å². The average Bonchev–Trinajstić information content (AvgIpc) is 3.05. The molecule has 4 heteroatoms. The highest BCUT2D eigenvalue weighted by Crippen LogP contribution is 2.33. The molecule has 4 nitrogen and oxygen atoms in total. The summed E-state index contributed by atoms with van der Waals surface area (Å²) in [7, 11) is 0. The van der Waals surface area contributed by atoms with Gasteiger partial charge < -0.3 is 14.0 Å². The van der Waals surface area contributed by atoms with Crippen LogP contribution in [0.3, 0.4) is 0 Å². The van der Waals surface area contributed by atoms with E-state index in [0.29, 0.717) is 6.04 Å². The van der Waals surface area contributed by atoms with Crippen molar-refractivity contribution >= 4 is 0 Å². The molecule has 1 fully saturated rings. The van der Waals surface area contributed by atoms with Gasteiger partial charge >= 0.3 is 0 Å². The van der Waals surface area contributed by atoms with Crippen LogP contribution in [0, 0.1) is 0 Å². The average molecular weight is 300 g/mol. The lowest BCUT2D eigenvalue weighted by molar-refractivity contribution is 0.0700. The Bertz CT molecular complexity index is 603. The Kier molecular flexibility index (Phi) is 4.78. The molecule has 2 heterocycles. The molecule has 0 radical (unpaired) electrons. The van der Waals surface area contributed by atoms with E-state index >= 15 is 0 Å². The van der Waals surface area contributed by atoms with Crippen LogP contribution < -0.4 is 4.74 Å². The SMILES string of the molecule is CCC(C)Oc1ccccc1-c1nccn1C1CCOCC1. The number of para-hydroxylation sites is 1. The minimum atomic E-state index is 0.202. The van der Waals surface area contributed by atoms with Crippen molar-refractivity contribution in [3.8, 4) is 17.1 Å². The third-order valence-corrected chi connectivity index (χ3v) is 4.28. The maximum atomic E-state index is 6.08. The van der Waals surface area contributed by atoms with Gasteiger partial charge in [-0.15, -0.1) is 0 Å². The largest absolute Gasteiger partial charge is 0.490 e. The molecular formula is C18H24N2O2. The third kappa shape index (κ3) is 3.17. The first-order valence-electron chi connectivity index (χ1n) is 8.16. The van der Waals surface area contributed by atoms with E-state index in [4.69, 9.17) is 9.47 Å². The van der Waals surface area contributed by atoms with Gasteiger partial charge in [-0.25, -0.2) is 4.98 Å². The Morgan fingerprint density at radius 2 is 2.09 bits per heavy atom. The van der Waals surface area contributed by atoms with E-state index in [9.17, 15) is 0 Å². The zero-order chi connectivity index (χ0) is 15.4. The van der Waals surface area contributed by atoms with Gasteiger partial charge in [-0.1, -0.05) is 19.1 Å². The van der Waals surface area contributed by atoms with Crippen molar-refractivity contribution in [1.82, 2.24) is 9.55 Å². The number of hydrogen-bond donors (Lipinski definition) is 0. The molecule has 0 amide bonds. The maximum absolute atomic E-state index is 6.08. The van der Waals surface area contributed by atoms with Gasteiger partial charge in [0.05, 0.1) is 11.7 Å². The second-order valence-electron chi connectivity index (χ2n) is 5.83. The second-order valence-corrected chi connectivity index (χ2v) is 5.83. The van der Waals surface area contributed by atoms with E-state index < -0.39 is 0 Å². The standard InChI is InChI=1S/C18H24N2O2/c1-3-14(2)22-17-7-5-4-6-16(17)18-19-10-11-20(18)15-8-12-21-13-9-15/h4-7,10-11,14-15H,3,8-9,12-13H2,1-2H3. The van der Waals surface area contributed by atoms with Crippen molar-refractivity contribution in [1.29, 1.82) is 0 Å². The van der Waals surface area contributed by atoms with E-state index in [-0.39, 0.29) is 6.10 Å². The Labute approximate surface area is 132 Å². The fraction of sp³-hybridized carbons (Fsp3) is 0.500. The van der Waals surface area contributed by atoms with E-state index in [1.807, 2.05) is 24.4 Å². The number of ether oxygens (including phenoxy) is 2. The van der Waals surface area contributed by atoms with Crippen LogP contribution in [0.15, 0.2) is 36.7 Å². The Morgan fingerprint density at radius 3 is 2.86 bits per heavy atom. The summed E-state index contributed by atoms with van der Waals surface area (Å²) >= 11 is 0. The van der Waals surface area contributed by atoms with Crippen LogP contribution in [-0.2, 0) is 4.74 Å². The van der Waals surface area contributed by atoms with Gasteiger partial charge in [0.25, 0.3) is 0 Å². The molecule has 118 valence electrons. The third-order valence-electron chi connectivity index (χ3n) is 4.28. The molecular weight excluding hydrogens is 276 g/mol. The topological polar surface area (TPSA) is 36.3 Å². The highest BCUT2D eigenvalue weighted by Gasteiger charge is 2.20. The van der Waals surface area contributed by atoms with Crippen molar-refractivity contribution in [2.45, 2.75) is 45.3 Å². The number of benzene rings is 1. The Hall–Kier alpha value is -1.81. The molecule has 1 atom stereocenters. The van der Waals surface area contributed by atoms with E-state index in [0.717, 1.165) is 49.6 Å². The Morgan fingerprint density at radius 1 is 1.32 bits per heavy atom. The highest BCUT2D eigenvalue weighted by molar-refractivity contribution is 5.64. The predicted molar refractivity (Wildman–Crippen MR) is 87.1 cm³/mol. The summed E-state index contributed by atoms with van der Waals surface area (Å²) in [5.41, 5.74) is 1.07. The molecule has 0 spiro atoms. The van der Waals surface area contributed by atoms with Crippen LogP contribution in [-0.4, -0.2) is 28.9 Å². The summed E-state index contributed by atoms with van der Waals surface area (Å²) in [6.07, 6.45) is 7.22. The fourth-order valence-electron chi connectivity index (χ4n) is 2.83. The van der Waals surface area contributed by atoms with Crippen molar-refractivity contribution in [2.24, 2.45) is 0 Å². The van der Waals surface area contributed by atoms with Crippen LogP contribution in [0.5, 0.6) is 5.75 Å². The van der Waals surface area contributed by atoms with Gasteiger partial charge in [0.2, 0.25) is 0 Å². The number of nitrogens with zero attached hydrogens (tertiary/aromatic N) is 2. The van der Waals surface area contributed by atoms with Crippen molar-refractivity contribution < 1.29 is 9.47 Å². The first-order valence-corrected chi connectivity index (χ1v) is 8.16. The number of aromatic nitrogens is 2. The fourth-order valence-corrected chi connectivity index (χ4v) is 2.83. The van der Waals surface area contributed by atoms with Crippen LogP contribution in [0.25, 0.3) is 11.4 Å². The Balaban J connectivity index is 1.93. The number of rotatable bonds is 5. The molecule has 1 aliphatic rings. The normalized spacial score (nSPS) is 17.4. The first kappa shape index (κ1) is 15.1. The predicted octanol–water partition coefficient (Wildman–Crippen LogP) is 4.08. The molecule has 0 N–H and O–H groups in total. The quantitative estimate of drug-likeness (QED) is 0.835. The molecule has 1 unspecified atom stereocenters. The van der Waals surface area contributed by atoms with E-state index in [2.05, 4.69) is 35.7 Å². The summed E-state index contributed by atoms with van der Waals surface area (Å²) in [4.78, 5) is 4.60. The molecule has 22 heavy (non-hydrogen) atoms. The summed E-state index contributed by atoms with van der Waals surface area (Å²) in [6.45, 7) is 5.89. The molecule has 0 aliphatic carbocycles. The zero-order valence-corrected chi connectivity index (χ0v) is 13.4. The highest BCUT2D eigenvalue weighted by atomic mass is 16.5. The molecule has 0 bridgehead atoms. The number of hydrogen-bond acceptors (Lipinski definition) is 3. The molecule has 1 aliphatic heterocycles. The van der Waals surface area contributed by atoms with Crippen molar-refractivity contribution in [2.75, 3.05) is 13.2 Å². The van der Waals surface area contributed by atoms with E-state index in [1.54, 1.807) is 0 Å². The smallest absolute Gasteiger partial charge is 0.143 e. The lowest BCUT2D eigenvalue weighted by Crippen LogP contribution is -2.20. The minimum absolute atomic E-state index is 0.202. The summed E-state index contributed by atoms with van der Waals surface area (Å²) in [5, 5.41) is 0. The molecule has 2 aromatic rings. The van der Waals surface area contributed by atoms with Gasteiger partial charge in [-0.2, -0.15) is 0 Å². The maximum Gasteiger partial charge on any atom is 0.143 e. The van der Waals surface area contributed by atoms with Crippen LogP contribution in [0.2, 0.25) is 0 Å². The summed E-state index contributed by atoms with van der Waals surface area (Å²) < 4.78 is 13.8.